The fraction of sp³-hybridized carbons (Fsp3) is 0.923. The fourth-order valence-electron chi connectivity index (χ4n) is 2.39. The van der Waals surface area contributed by atoms with E-state index in [-0.39, 0.29) is 5.92 Å². The SMILES string of the molecule is CCC1CCC(CNCC(C)C#N)CC1. The van der Waals surface area contributed by atoms with Crippen molar-refractivity contribution in [1.29, 1.82) is 5.26 Å². The molecule has 0 aromatic rings. The van der Waals surface area contributed by atoms with Crippen molar-refractivity contribution in [2.45, 2.75) is 46.0 Å². The molecule has 0 spiro atoms. The Kier molecular flexibility index (Phi) is 5.71. The molecule has 1 saturated carbocycles. The molecule has 0 bridgehead atoms. The van der Waals surface area contributed by atoms with Crippen LogP contribution < -0.4 is 5.32 Å². The van der Waals surface area contributed by atoms with Crippen LogP contribution in [0.5, 0.6) is 0 Å². The third kappa shape index (κ3) is 4.66. The molecule has 1 atom stereocenters. The van der Waals surface area contributed by atoms with Gasteiger partial charge in [0.1, 0.15) is 0 Å². The number of nitrogens with zero attached hydrogens (tertiary/aromatic N) is 1. The van der Waals surface area contributed by atoms with E-state index in [2.05, 4.69) is 18.3 Å². The molecule has 1 fully saturated rings. The maximum Gasteiger partial charge on any atom is 0.0666 e. The number of nitriles is 1. The zero-order valence-corrected chi connectivity index (χ0v) is 10.1. The Hall–Kier alpha value is -0.550. The smallest absolute Gasteiger partial charge is 0.0666 e. The highest BCUT2D eigenvalue weighted by Gasteiger charge is 2.19. The van der Waals surface area contributed by atoms with Crippen LogP contribution in [0.25, 0.3) is 0 Å². The van der Waals surface area contributed by atoms with Crippen LogP contribution in [0.3, 0.4) is 0 Å². The van der Waals surface area contributed by atoms with E-state index >= 15 is 0 Å². The van der Waals surface area contributed by atoms with Crippen LogP contribution in [0, 0.1) is 29.1 Å². The van der Waals surface area contributed by atoms with Crippen molar-refractivity contribution in [2.24, 2.45) is 17.8 Å². The molecule has 0 aromatic carbocycles. The molecule has 1 aliphatic carbocycles. The summed E-state index contributed by atoms with van der Waals surface area (Å²) in [6, 6.07) is 2.26. The molecular formula is C13H24N2. The molecule has 0 heterocycles. The zero-order chi connectivity index (χ0) is 11.1. The third-order valence-corrected chi connectivity index (χ3v) is 3.65. The standard InChI is InChI=1S/C13H24N2/c1-3-12-4-6-13(7-5-12)10-15-9-11(2)8-14/h11-13,15H,3-7,9-10H2,1-2H3. The molecule has 86 valence electrons. The van der Waals surface area contributed by atoms with Crippen LogP contribution >= 0.6 is 0 Å². The molecule has 0 amide bonds. The van der Waals surface area contributed by atoms with E-state index in [1.807, 2.05) is 6.92 Å². The summed E-state index contributed by atoms with van der Waals surface area (Å²) >= 11 is 0. The predicted octanol–water partition coefficient (Wildman–Crippen LogP) is 2.95. The lowest BCUT2D eigenvalue weighted by Gasteiger charge is -2.28. The molecule has 1 rings (SSSR count). The van der Waals surface area contributed by atoms with Gasteiger partial charge >= 0.3 is 0 Å². The zero-order valence-electron chi connectivity index (χ0n) is 10.1. The average Bonchev–Trinajstić information content (AvgIpc) is 2.29. The topological polar surface area (TPSA) is 35.8 Å². The number of hydrogen-bond acceptors (Lipinski definition) is 2. The minimum Gasteiger partial charge on any atom is -0.315 e. The average molecular weight is 208 g/mol. The second kappa shape index (κ2) is 6.85. The highest BCUT2D eigenvalue weighted by molar-refractivity contribution is 4.81. The Bertz CT molecular complexity index is 199. The van der Waals surface area contributed by atoms with E-state index in [1.165, 1.54) is 32.1 Å². The van der Waals surface area contributed by atoms with Crippen LogP contribution in [-0.2, 0) is 0 Å². The first-order valence-corrected chi connectivity index (χ1v) is 6.36. The van der Waals surface area contributed by atoms with E-state index in [1.54, 1.807) is 0 Å². The van der Waals surface area contributed by atoms with E-state index in [4.69, 9.17) is 5.26 Å². The van der Waals surface area contributed by atoms with Gasteiger partial charge in [0.2, 0.25) is 0 Å². The molecule has 2 nitrogen and oxygen atoms in total. The quantitative estimate of drug-likeness (QED) is 0.754. The van der Waals surface area contributed by atoms with Crippen LogP contribution in [0.15, 0.2) is 0 Å². The Morgan fingerprint density at radius 3 is 2.40 bits per heavy atom. The van der Waals surface area contributed by atoms with Gasteiger partial charge in [0.05, 0.1) is 12.0 Å². The largest absolute Gasteiger partial charge is 0.315 e. The highest BCUT2D eigenvalue weighted by atomic mass is 14.9. The van der Waals surface area contributed by atoms with Crippen molar-refractivity contribution in [3.8, 4) is 6.07 Å². The Morgan fingerprint density at radius 2 is 1.87 bits per heavy atom. The van der Waals surface area contributed by atoms with Crippen LogP contribution in [0.2, 0.25) is 0 Å². The molecule has 1 unspecified atom stereocenters. The second-order valence-corrected chi connectivity index (χ2v) is 4.98. The predicted molar refractivity (Wildman–Crippen MR) is 63.4 cm³/mol. The maximum absolute atomic E-state index is 8.65. The molecular weight excluding hydrogens is 184 g/mol. The van der Waals surface area contributed by atoms with Crippen molar-refractivity contribution < 1.29 is 0 Å². The van der Waals surface area contributed by atoms with Gasteiger partial charge < -0.3 is 5.32 Å². The van der Waals surface area contributed by atoms with Crippen molar-refractivity contribution in [2.75, 3.05) is 13.1 Å². The molecule has 0 saturated heterocycles. The number of hydrogen-bond donors (Lipinski definition) is 1. The Morgan fingerprint density at radius 1 is 1.27 bits per heavy atom. The maximum atomic E-state index is 8.65. The van der Waals surface area contributed by atoms with Gasteiger partial charge in [-0.3, -0.25) is 0 Å². The summed E-state index contributed by atoms with van der Waals surface area (Å²) in [7, 11) is 0. The number of rotatable bonds is 5. The molecule has 0 radical (unpaired) electrons. The first kappa shape index (κ1) is 12.5. The molecule has 0 aromatic heterocycles. The van der Waals surface area contributed by atoms with Gasteiger partial charge in [0, 0.05) is 6.54 Å². The van der Waals surface area contributed by atoms with Gasteiger partial charge in [0.15, 0.2) is 0 Å². The van der Waals surface area contributed by atoms with Crippen LogP contribution in [-0.4, -0.2) is 13.1 Å². The summed E-state index contributed by atoms with van der Waals surface area (Å²) < 4.78 is 0. The van der Waals surface area contributed by atoms with Gasteiger partial charge in [-0.15, -0.1) is 0 Å². The molecule has 0 aliphatic heterocycles. The van der Waals surface area contributed by atoms with Crippen LogP contribution in [0.4, 0.5) is 0 Å². The van der Waals surface area contributed by atoms with Crippen molar-refractivity contribution in [3.05, 3.63) is 0 Å². The van der Waals surface area contributed by atoms with Crippen molar-refractivity contribution in [1.82, 2.24) is 5.32 Å². The van der Waals surface area contributed by atoms with E-state index in [9.17, 15) is 0 Å². The second-order valence-electron chi connectivity index (χ2n) is 4.98. The fourth-order valence-corrected chi connectivity index (χ4v) is 2.39. The van der Waals surface area contributed by atoms with Crippen molar-refractivity contribution >= 4 is 0 Å². The van der Waals surface area contributed by atoms with Gasteiger partial charge in [-0.05, 0) is 38.1 Å². The van der Waals surface area contributed by atoms with Crippen LogP contribution in [0.1, 0.15) is 46.0 Å². The third-order valence-electron chi connectivity index (χ3n) is 3.65. The molecule has 15 heavy (non-hydrogen) atoms. The minimum atomic E-state index is 0.150. The summed E-state index contributed by atoms with van der Waals surface area (Å²) in [5, 5.41) is 12.1. The lowest BCUT2D eigenvalue weighted by atomic mass is 9.81. The summed E-state index contributed by atoms with van der Waals surface area (Å²) in [6.07, 6.45) is 6.94. The summed E-state index contributed by atoms with van der Waals surface area (Å²) in [4.78, 5) is 0. The first-order chi connectivity index (χ1) is 7.26. The summed E-state index contributed by atoms with van der Waals surface area (Å²) in [6.45, 7) is 6.24. The lowest BCUT2D eigenvalue weighted by molar-refractivity contribution is 0.262. The summed E-state index contributed by atoms with van der Waals surface area (Å²) in [5.41, 5.74) is 0. The summed E-state index contributed by atoms with van der Waals surface area (Å²) in [5.74, 6) is 2.00. The molecule has 1 aliphatic rings. The van der Waals surface area contributed by atoms with Gasteiger partial charge in [-0.2, -0.15) is 5.26 Å². The highest BCUT2D eigenvalue weighted by Crippen LogP contribution is 2.29. The van der Waals surface area contributed by atoms with Gasteiger partial charge in [0.25, 0.3) is 0 Å². The molecule has 1 N–H and O–H groups in total. The normalized spacial score (nSPS) is 28.3. The van der Waals surface area contributed by atoms with E-state index < -0.39 is 0 Å². The van der Waals surface area contributed by atoms with Gasteiger partial charge in [-0.25, -0.2) is 0 Å². The first-order valence-electron chi connectivity index (χ1n) is 6.36. The van der Waals surface area contributed by atoms with Crippen molar-refractivity contribution in [3.63, 3.8) is 0 Å². The minimum absolute atomic E-state index is 0.150. The number of nitrogens with one attached hydrogen (secondary N) is 1. The Labute approximate surface area is 94.1 Å². The monoisotopic (exact) mass is 208 g/mol. The molecule has 2 heteroatoms. The lowest BCUT2D eigenvalue weighted by Crippen LogP contribution is -2.29. The van der Waals surface area contributed by atoms with E-state index in [0.717, 1.165) is 24.9 Å². The van der Waals surface area contributed by atoms with E-state index in [0.29, 0.717) is 0 Å². The Balaban J connectivity index is 2.06. The van der Waals surface area contributed by atoms with Gasteiger partial charge in [-0.1, -0.05) is 26.2 Å².